The molecule has 1 aromatic heterocycles. The SMILES string of the molecule is COC(=O)c1cc2cc(NC(=O)COc3ccc(N(C)S(=O)(=O)c4ccc(C)cc4)cc3)ccc2s1. The number of nitrogens with one attached hydrogen (secondary N) is 1. The molecule has 186 valence electrons. The predicted octanol–water partition coefficient (Wildman–Crippen LogP) is 4.84. The number of nitrogens with zero attached hydrogens (tertiary/aromatic N) is 1. The summed E-state index contributed by atoms with van der Waals surface area (Å²) in [5.74, 6) is -0.341. The molecule has 4 rings (SSSR count). The Hall–Kier alpha value is -3.89. The van der Waals surface area contributed by atoms with Gasteiger partial charge in [-0.3, -0.25) is 9.10 Å². The number of ether oxygens (including phenoxy) is 2. The molecule has 0 spiro atoms. The Labute approximate surface area is 213 Å². The molecule has 0 aliphatic carbocycles. The molecule has 0 atom stereocenters. The lowest BCUT2D eigenvalue weighted by Gasteiger charge is -2.20. The van der Waals surface area contributed by atoms with E-state index in [1.54, 1.807) is 66.7 Å². The van der Waals surface area contributed by atoms with E-state index in [4.69, 9.17) is 9.47 Å². The van der Waals surface area contributed by atoms with Crippen molar-refractivity contribution in [3.63, 3.8) is 0 Å². The molecule has 0 aliphatic heterocycles. The van der Waals surface area contributed by atoms with Gasteiger partial charge in [0, 0.05) is 17.4 Å². The van der Waals surface area contributed by atoms with Crippen LogP contribution < -0.4 is 14.4 Å². The number of carbonyl (C=O) groups excluding carboxylic acids is 2. The highest BCUT2D eigenvalue weighted by molar-refractivity contribution is 7.92. The quantitative estimate of drug-likeness (QED) is 0.331. The minimum absolute atomic E-state index is 0.203. The summed E-state index contributed by atoms with van der Waals surface area (Å²) in [5, 5.41) is 3.58. The van der Waals surface area contributed by atoms with Crippen LogP contribution >= 0.6 is 11.3 Å². The Morgan fingerprint density at radius 2 is 1.67 bits per heavy atom. The highest BCUT2D eigenvalue weighted by atomic mass is 32.2. The van der Waals surface area contributed by atoms with Gasteiger partial charge >= 0.3 is 5.97 Å². The molecular weight excluding hydrogens is 500 g/mol. The fourth-order valence-corrected chi connectivity index (χ4v) is 5.58. The Bertz CT molecular complexity index is 1510. The fraction of sp³-hybridized carbons (Fsp3) is 0.154. The van der Waals surface area contributed by atoms with Crippen LogP contribution in [0.15, 0.2) is 77.7 Å². The van der Waals surface area contributed by atoms with Gasteiger partial charge in [-0.1, -0.05) is 17.7 Å². The molecule has 3 aromatic carbocycles. The number of esters is 1. The number of thiophene rings is 1. The van der Waals surface area contributed by atoms with Crippen LogP contribution in [0.2, 0.25) is 0 Å². The average molecular weight is 525 g/mol. The Kier molecular flexibility index (Phi) is 7.27. The van der Waals surface area contributed by atoms with Gasteiger partial charge in [0.2, 0.25) is 0 Å². The van der Waals surface area contributed by atoms with Gasteiger partial charge in [0.25, 0.3) is 15.9 Å². The summed E-state index contributed by atoms with van der Waals surface area (Å²) < 4.78 is 38.1. The van der Waals surface area contributed by atoms with Crippen molar-refractivity contribution in [1.29, 1.82) is 0 Å². The zero-order valence-corrected chi connectivity index (χ0v) is 21.5. The zero-order chi connectivity index (χ0) is 25.9. The van der Waals surface area contributed by atoms with E-state index in [0.717, 1.165) is 15.6 Å². The number of methoxy groups -OCH3 is 1. The second-order valence-corrected chi connectivity index (χ2v) is 11.0. The van der Waals surface area contributed by atoms with Crippen LogP contribution in [-0.2, 0) is 19.6 Å². The molecule has 0 bridgehead atoms. The standard InChI is InChI=1S/C26H24N2O6S2/c1-17-4-11-22(12-5-17)36(31,32)28(2)20-7-9-21(10-8-20)34-16-25(29)27-19-6-13-23-18(14-19)15-24(35-23)26(30)33-3/h4-15H,16H2,1-3H3,(H,27,29). The van der Waals surface area contributed by atoms with E-state index in [1.165, 1.54) is 29.8 Å². The van der Waals surface area contributed by atoms with Crippen molar-refractivity contribution in [3.05, 3.63) is 83.2 Å². The fourth-order valence-electron chi connectivity index (χ4n) is 3.43. The second-order valence-electron chi connectivity index (χ2n) is 7.97. The highest BCUT2D eigenvalue weighted by Gasteiger charge is 2.21. The molecule has 0 unspecified atom stereocenters. The lowest BCUT2D eigenvalue weighted by Crippen LogP contribution is -2.26. The summed E-state index contributed by atoms with van der Waals surface area (Å²) in [7, 11) is -0.885. The molecule has 1 N–H and O–H groups in total. The van der Waals surface area contributed by atoms with Crippen molar-refractivity contribution in [2.45, 2.75) is 11.8 Å². The first-order valence-electron chi connectivity index (χ1n) is 10.9. The van der Waals surface area contributed by atoms with Crippen molar-refractivity contribution in [3.8, 4) is 5.75 Å². The van der Waals surface area contributed by atoms with Crippen molar-refractivity contribution in [1.82, 2.24) is 0 Å². The van der Waals surface area contributed by atoms with Crippen LogP contribution in [0.5, 0.6) is 5.75 Å². The maximum atomic E-state index is 12.9. The van der Waals surface area contributed by atoms with E-state index in [-0.39, 0.29) is 17.4 Å². The third-order valence-electron chi connectivity index (χ3n) is 5.44. The van der Waals surface area contributed by atoms with Gasteiger partial charge in [0.1, 0.15) is 10.6 Å². The molecular formula is C26H24N2O6S2. The van der Waals surface area contributed by atoms with Crippen LogP contribution in [0.3, 0.4) is 0 Å². The molecule has 1 amide bonds. The molecule has 0 radical (unpaired) electrons. The minimum atomic E-state index is -3.70. The molecule has 1 heterocycles. The Morgan fingerprint density at radius 1 is 0.972 bits per heavy atom. The molecule has 0 saturated carbocycles. The number of benzene rings is 3. The number of carbonyl (C=O) groups is 2. The molecule has 0 saturated heterocycles. The van der Waals surface area contributed by atoms with Gasteiger partial charge < -0.3 is 14.8 Å². The van der Waals surface area contributed by atoms with E-state index in [0.29, 0.717) is 22.0 Å². The van der Waals surface area contributed by atoms with Crippen LogP contribution in [-0.4, -0.2) is 41.1 Å². The Balaban J connectivity index is 1.36. The number of sulfonamides is 1. The summed E-state index contributed by atoms with van der Waals surface area (Å²) in [5.41, 5.74) is 2.01. The van der Waals surface area contributed by atoms with Crippen LogP contribution in [0.25, 0.3) is 10.1 Å². The summed E-state index contributed by atoms with van der Waals surface area (Å²) in [6.07, 6.45) is 0. The van der Waals surface area contributed by atoms with Gasteiger partial charge in [-0.05, 0) is 73.0 Å². The monoisotopic (exact) mass is 524 g/mol. The number of hydrogen-bond donors (Lipinski definition) is 1. The van der Waals surface area contributed by atoms with E-state index < -0.39 is 16.0 Å². The number of fused-ring (bicyclic) bond motifs is 1. The van der Waals surface area contributed by atoms with Crippen LogP contribution in [0.4, 0.5) is 11.4 Å². The van der Waals surface area contributed by atoms with E-state index in [1.807, 2.05) is 13.0 Å². The van der Waals surface area contributed by atoms with Gasteiger partial charge in [0.05, 0.1) is 17.7 Å². The smallest absolute Gasteiger partial charge is 0.348 e. The summed E-state index contributed by atoms with van der Waals surface area (Å²) in [6, 6.07) is 20.2. The van der Waals surface area contributed by atoms with E-state index in [2.05, 4.69) is 5.32 Å². The number of amides is 1. The lowest BCUT2D eigenvalue weighted by molar-refractivity contribution is -0.118. The zero-order valence-electron chi connectivity index (χ0n) is 19.8. The number of hydrogen-bond acceptors (Lipinski definition) is 7. The number of rotatable bonds is 8. The van der Waals surface area contributed by atoms with Crippen molar-refractivity contribution in [2.24, 2.45) is 0 Å². The van der Waals surface area contributed by atoms with E-state index >= 15 is 0 Å². The molecule has 0 aliphatic rings. The Morgan fingerprint density at radius 3 is 2.33 bits per heavy atom. The lowest BCUT2D eigenvalue weighted by atomic mass is 10.2. The summed E-state index contributed by atoms with van der Waals surface area (Å²) in [6.45, 7) is 1.66. The van der Waals surface area contributed by atoms with Gasteiger partial charge in [-0.15, -0.1) is 11.3 Å². The largest absolute Gasteiger partial charge is 0.484 e. The van der Waals surface area contributed by atoms with Gasteiger partial charge in [-0.25, -0.2) is 13.2 Å². The maximum Gasteiger partial charge on any atom is 0.348 e. The van der Waals surface area contributed by atoms with Gasteiger partial charge in [0.15, 0.2) is 6.61 Å². The summed E-state index contributed by atoms with van der Waals surface area (Å²) in [4.78, 5) is 24.8. The average Bonchev–Trinajstić information content (AvgIpc) is 3.30. The van der Waals surface area contributed by atoms with Crippen molar-refractivity contribution < 1.29 is 27.5 Å². The predicted molar refractivity (Wildman–Crippen MR) is 140 cm³/mol. The molecule has 8 nitrogen and oxygen atoms in total. The third kappa shape index (κ3) is 5.50. The molecule has 4 aromatic rings. The van der Waals surface area contributed by atoms with Crippen molar-refractivity contribution in [2.75, 3.05) is 30.4 Å². The van der Waals surface area contributed by atoms with Crippen LogP contribution in [0, 0.1) is 6.92 Å². The minimum Gasteiger partial charge on any atom is -0.484 e. The molecule has 10 heteroatoms. The van der Waals surface area contributed by atoms with E-state index in [9.17, 15) is 18.0 Å². The molecule has 36 heavy (non-hydrogen) atoms. The number of anilines is 2. The first kappa shape index (κ1) is 25.2. The molecule has 0 fully saturated rings. The highest BCUT2D eigenvalue weighted by Crippen LogP contribution is 2.29. The maximum absolute atomic E-state index is 12.9. The van der Waals surface area contributed by atoms with Crippen molar-refractivity contribution >= 4 is 54.7 Å². The van der Waals surface area contributed by atoms with Crippen LogP contribution in [0.1, 0.15) is 15.2 Å². The van der Waals surface area contributed by atoms with Gasteiger partial charge in [-0.2, -0.15) is 0 Å². The third-order valence-corrected chi connectivity index (χ3v) is 8.33. The normalized spacial score (nSPS) is 11.2. The number of aryl methyl sites for hydroxylation is 1. The first-order valence-corrected chi connectivity index (χ1v) is 13.1. The second kappa shape index (κ2) is 10.4. The first-order chi connectivity index (χ1) is 17.2. The summed E-state index contributed by atoms with van der Waals surface area (Å²) >= 11 is 1.32. The topological polar surface area (TPSA) is 102 Å².